The topological polar surface area (TPSA) is 62.5 Å². The zero-order valence-electron chi connectivity index (χ0n) is 8.59. The molecule has 1 rings (SSSR count). The van der Waals surface area contributed by atoms with Gasteiger partial charge in [0.2, 0.25) is 5.91 Å². The Morgan fingerprint density at radius 2 is 1.93 bits per heavy atom. The fraction of sp³-hybridized carbons (Fsp3) is 0.400. The fourth-order valence-electron chi connectivity index (χ4n) is 1.23. The van der Waals surface area contributed by atoms with E-state index in [1.165, 1.54) is 11.9 Å². The number of aliphatic carboxylic acids is 1. The van der Waals surface area contributed by atoms with Gasteiger partial charge >= 0.3 is 5.97 Å². The maximum atomic E-state index is 11.4. The van der Waals surface area contributed by atoms with Gasteiger partial charge in [-0.2, -0.15) is 0 Å². The van der Waals surface area contributed by atoms with E-state index in [1.54, 1.807) is 0 Å². The normalized spacial score (nSPS) is 9.93. The summed E-state index contributed by atoms with van der Waals surface area (Å²) in [6.07, 6.45) is 4.05. The summed E-state index contributed by atoms with van der Waals surface area (Å²) in [5, 5.41) is 8.49. The molecule has 0 atom stereocenters. The molecule has 0 saturated heterocycles. The zero-order chi connectivity index (χ0) is 11.3. The maximum Gasteiger partial charge on any atom is 0.323 e. The number of hydrogen-bond acceptors (Lipinski definition) is 2. The largest absolute Gasteiger partial charge is 0.480 e. The molecule has 1 heterocycles. The lowest BCUT2D eigenvalue weighted by Crippen LogP contribution is -2.32. The van der Waals surface area contributed by atoms with Crippen molar-refractivity contribution in [2.45, 2.75) is 13.0 Å². The lowest BCUT2D eigenvalue weighted by molar-refractivity contribution is -0.143. The summed E-state index contributed by atoms with van der Waals surface area (Å²) in [6, 6.07) is 3.76. The zero-order valence-corrected chi connectivity index (χ0v) is 8.59. The number of carbonyl (C=O) groups is 2. The quantitative estimate of drug-likeness (QED) is 0.766. The van der Waals surface area contributed by atoms with Crippen LogP contribution in [0.25, 0.3) is 0 Å². The molecule has 0 fully saturated rings. The van der Waals surface area contributed by atoms with Crippen LogP contribution in [0.2, 0.25) is 0 Å². The Kier molecular flexibility index (Phi) is 3.91. The van der Waals surface area contributed by atoms with Gasteiger partial charge < -0.3 is 14.6 Å². The van der Waals surface area contributed by atoms with Crippen LogP contribution in [0.3, 0.4) is 0 Å². The van der Waals surface area contributed by atoms with E-state index in [-0.39, 0.29) is 12.5 Å². The number of aromatic nitrogens is 1. The molecule has 0 aliphatic carbocycles. The second-order valence-electron chi connectivity index (χ2n) is 3.31. The minimum atomic E-state index is -0.994. The number of aryl methyl sites for hydroxylation is 1. The van der Waals surface area contributed by atoms with Crippen LogP contribution in [0.1, 0.15) is 6.42 Å². The molecule has 0 unspecified atom stereocenters. The van der Waals surface area contributed by atoms with Crippen LogP contribution in [0, 0.1) is 0 Å². The van der Waals surface area contributed by atoms with Crippen molar-refractivity contribution in [2.75, 3.05) is 13.6 Å². The van der Waals surface area contributed by atoms with E-state index >= 15 is 0 Å². The number of amides is 1. The molecule has 0 saturated carbocycles. The Morgan fingerprint density at radius 1 is 1.33 bits per heavy atom. The van der Waals surface area contributed by atoms with Crippen molar-refractivity contribution in [1.82, 2.24) is 9.47 Å². The number of carbonyl (C=O) groups excluding carboxylic acids is 1. The van der Waals surface area contributed by atoms with Gasteiger partial charge in [-0.05, 0) is 12.1 Å². The first-order valence-corrected chi connectivity index (χ1v) is 4.66. The molecule has 0 aliphatic rings. The number of hydrogen-bond donors (Lipinski definition) is 1. The summed E-state index contributed by atoms with van der Waals surface area (Å²) >= 11 is 0. The molecular weight excluding hydrogens is 196 g/mol. The number of carboxylic acids is 1. The molecule has 5 nitrogen and oxygen atoms in total. The second kappa shape index (κ2) is 5.19. The van der Waals surface area contributed by atoms with Crippen LogP contribution in [-0.4, -0.2) is 40.0 Å². The average molecular weight is 210 g/mol. The second-order valence-corrected chi connectivity index (χ2v) is 3.31. The van der Waals surface area contributed by atoms with Gasteiger partial charge in [-0.25, -0.2) is 0 Å². The van der Waals surface area contributed by atoms with Crippen molar-refractivity contribution >= 4 is 11.9 Å². The molecular formula is C10H14N2O3. The minimum Gasteiger partial charge on any atom is -0.480 e. The third kappa shape index (κ3) is 3.84. The van der Waals surface area contributed by atoms with Crippen molar-refractivity contribution < 1.29 is 14.7 Å². The van der Waals surface area contributed by atoms with Crippen LogP contribution in [-0.2, 0) is 16.1 Å². The first-order valence-electron chi connectivity index (χ1n) is 4.66. The molecule has 82 valence electrons. The predicted octanol–water partition coefficient (Wildman–Crippen LogP) is 0.421. The Bertz CT molecular complexity index is 332. The van der Waals surface area contributed by atoms with Gasteiger partial charge in [0.25, 0.3) is 0 Å². The van der Waals surface area contributed by atoms with Gasteiger partial charge in [0.1, 0.15) is 6.54 Å². The summed E-state index contributed by atoms with van der Waals surface area (Å²) in [7, 11) is 1.49. The molecule has 1 amide bonds. The highest BCUT2D eigenvalue weighted by molar-refractivity contribution is 5.80. The first kappa shape index (κ1) is 11.3. The lowest BCUT2D eigenvalue weighted by atomic mass is 10.3. The van der Waals surface area contributed by atoms with Gasteiger partial charge in [0, 0.05) is 32.4 Å². The first-order chi connectivity index (χ1) is 7.09. The molecule has 0 bridgehead atoms. The number of nitrogens with zero attached hydrogens (tertiary/aromatic N) is 2. The number of rotatable bonds is 5. The van der Waals surface area contributed by atoms with Crippen molar-refractivity contribution in [2.24, 2.45) is 0 Å². The third-order valence-corrected chi connectivity index (χ3v) is 2.05. The van der Waals surface area contributed by atoms with Crippen LogP contribution < -0.4 is 0 Å². The van der Waals surface area contributed by atoms with E-state index in [0.29, 0.717) is 13.0 Å². The van der Waals surface area contributed by atoms with E-state index in [2.05, 4.69) is 0 Å². The summed E-state index contributed by atoms with van der Waals surface area (Å²) in [4.78, 5) is 23.0. The summed E-state index contributed by atoms with van der Waals surface area (Å²) in [6.45, 7) is 0.334. The predicted molar refractivity (Wildman–Crippen MR) is 54.3 cm³/mol. The van der Waals surface area contributed by atoms with Crippen LogP contribution in [0.4, 0.5) is 0 Å². The maximum absolute atomic E-state index is 11.4. The SMILES string of the molecule is CN(CC(=O)O)C(=O)CCn1cccc1. The summed E-state index contributed by atoms with van der Waals surface area (Å²) in [5.41, 5.74) is 0. The Labute approximate surface area is 87.9 Å². The smallest absolute Gasteiger partial charge is 0.323 e. The lowest BCUT2D eigenvalue weighted by Gasteiger charge is -2.14. The van der Waals surface area contributed by atoms with Crippen molar-refractivity contribution in [1.29, 1.82) is 0 Å². The highest BCUT2D eigenvalue weighted by Gasteiger charge is 2.11. The Morgan fingerprint density at radius 3 is 2.47 bits per heavy atom. The Balaban J connectivity index is 2.32. The van der Waals surface area contributed by atoms with Crippen molar-refractivity contribution in [3.05, 3.63) is 24.5 Å². The summed E-state index contributed by atoms with van der Waals surface area (Å²) in [5.74, 6) is -1.15. The van der Waals surface area contributed by atoms with Crippen LogP contribution >= 0.6 is 0 Å². The molecule has 15 heavy (non-hydrogen) atoms. The molecule has 0 aliphatic heterocycles. The fourth-order valence-corrected chi connectivity index (χ4v) is 1.23. The van der Waals surface area contributed by atoms with E-state index in [4.69, 9.17) is 5.11 Å². The van der Waals surface area contributed by atoms with E-state index in [9.17, 15) is 9.59 Å². The number of carboxylic acid groups (broad SMARTS) is 1. The van der Waals surface area contributed by atoms with Crippen molar-refractivity contribution in [3.8, 4) is 0 Å². The summed E-state index contributed by atoms with van der Waals surface area (Å²) < 4.78 is 1.88. The Hall–Kier alpha value is -1.78. The number of likely N-dealkylation sites (N-methyl/N-ethyl adjacent to an activating group) is 1. The third-order valence-electron chi connectivity index (χ3n) is 2.05. The van der Waals surface area contributed by atoms with Crippen LogP contribution in [0.15, 0.2) is 24.5 Å². The molecule has 0 radical (unpaired) electrons. The monoisotopic (exact) mass is 210 g/mol. The van der Waals surface area contributed by atoms with Crippen LogP contribution in [0.5, 0.6) is 0 Å². The highest BCUT2D eigenvalue weighted by Crippen LogP contribution is 1.96. The van der Waals surface area contributed by atoms with Gasteiger partial charge in [-0.3, -0.25) is 9.59 Å². The van der Waals surface area contributed by atoms with Gasteiger partial charge in [0.15, 0.2) is 0 Å². The molecule has 1 aromatic rings. The molecule has 0 spiro atoms. The molecule has 1 aromatic heterocycles. The van der Waals surface area contributed by atoms with E-state index in [0.717, 1.165) is 0 Å². The standard InChI is InChI=1S/C10H14N2O3/c1-11(8-10(14)15)9(13)4-7-12-5-2-3-6-12/h2-3,5-6H,4,7-8H2,1H3,(H,14,15). The minimum absolute atomic E-state index is 0.161. The average Bonchev–Trinajstić information content (AvgIpc) is 2.65. The van der Waals surface area contributed by atoms with Gasteiger partial charge in [-0.15, -0.1) is 0 Å². The van der Waals surface area contributed by atoms with E-state index < -0.39 is 5.97 Å². The molecule has 5 heteroatoms. The van der Waals surface area contributed by atoms with E-state index in [1.807, 2.05) is 29.1 Å². The van der Waals surface area contributed by atoms with Crippen molar-refractivity contribution in [3.63, 3.8) is 0 Å². The van der Waals surface area contributed by atoms with Gasteiger partial charge in [0.05, 0.1) is 0 Å². The van der Waals surface area contributed by atoms with Gasteiger partial charge in [-0.1, -0.05) is 0 Å². The highest BCUT2D eigenvalue weighted by atomic mass is 16.4. The molecule has 1 N–H and O–H groups in total. The molecule has 0 aromatic carbocycles.